The van der Waals surface area contributed by atoms with Crippen LogP contribution in [0, 0.1) is 5.82 Å². The molecular weight excluding hydrogens is 442 g/mol. The largest absolute Gasteiger partial charge is 0.462 e. The van der Waals surface area contributed by atoms with E-state index in [1.807, 2.05) is 0 Å². The molecule has 1 aromatic heterocycles. The highest BCUT2D eigenvalue weighted by Gasteiger charge is 2.36. The van der Waals surface area contributed by atoms with Crippen LogP contribution in [0.5, 0.6) is 11.6 Å². The van der Waals surface area contributed by atoms with Crippen LogP contribution in [0.15, 0.2) is 60.7 Å². The second-order valence-corrected chi connectivity index (χ2v) is 6.94. The van der Waals surface area contributed by atoms with Gasteiger partial charge in [-0.2, -0.15) is 13.2 Å². The molecule has 0 atom stereocenters. The van der Waals surface area contributed by atoms with Gasteiger partial charge in [-0.1, -0.05) is 18.2 Å². The average Bonchev–Trinajstić information content (AvgIpc) is 3.13. The van der Waals surface area contributed by atoms with Crippen molar-refractivity contribution in [2.24, 2.45) is 0 Å². The molecule has 6 nitrogen and oxygen atoms in total. The van der Waals surface area contributed by atoms with Gasteiger partial charge >= 0.3 is 12.1 Å². The van der Waals surface area contributed by atoms with Gasteiger partial charge in [0.2, 0.25) is 5.88 Å². The minimum absolute atomic E-state index is 0.0120. The van der Waals surface area contributed by atoms with Crippen molar-refractivity contribution in [1.29, 1.82) is 0 Å². The van der Waals surface area contributed by atoms with E-state index in [0.29, 0.717) is 10.9 Å². The number of halogens is 4. The van der Waals surface area contributed by atoms with Crippen molar-refractivity contribution < 1.29 is 31.8 Å². The number of para-hydroxylation sites is 2. The quantitative estimate of drug-likeness (QED) is 0.234. The molecule has 0 fully saturated rings. The normalized spacial score (nSPS) is 11.5. The first kappa shape index (κ1) is 22.1. The van der Waals surface area contributed by atoms with Crippen molar-refractivity contribution in [3.05, 3.63) is 77.6 Å². The van der Waals surface area contributed by atoms with Gasteiger partial charge in [-0.25, -0.2) is 13.9 Å². The number of fused-ring (bicyclic) bond motifs is 1. The van der Waals surface area contributed by atoms with E-state index in [0.717, 1.165) is 12.1 Å². The first-order chi connectivity index (χ1) is 15.7. The Kier molecular flexibility index (Phi) is 5.67. The molecular formula is C23H17F4N3O3. The summed E-state index contributed by atoms with van der Waals surface area (Å²) in [6, 6.07) is 13.5. The Morgan fingerprint density at radius 3 is 2.55 bits per heavy atom. The Balaban J connectivity index is 1.82. The van der Waals surface area contributed by atoms with E-state index in [-0.39, 0.29) is 29.4 Å². The molecule has 0 aliphatic rings. The molecule has 0 unspecified atom stereocenters. The van der Waals surface area contributed by atoms with Gasteiger partial charge in [-0.15, -0.1) is 5.10 Å². The van der Waals surface area contributed by atoms with E-state index in [2.05, 4.69) is 5.10 Å². The number of ether oxygens (including phenoxy) is 2. The molecule has 2 N–H and O–H groups in total. The van der Waals surface area contributed by atoms with Crippen LogP contribution in [0.2, 0.25) is 0 Å². The zero-order valence-corrected chi connectivity index (χ0v) is 17.2. The topological polar surface area (TPSA) is 79.4 Å². The summed E-state index contributed by atoms with van der Waals surface area (Å²) in [5.41, 5.74) is 4.82. The summed E-state index contributed by atoms with van der Waals surface area (Å²) in [7, 11) is 0. The SMILES string of the molecule is CCOC(=O)c1ccc(-n2nc(Oc3c(N)cccc3C(F)(F)F)c3ccccc32)c(F)c1. The predicted molar refractivity (Wildman–Crippen MR) is 113 cm³/mol. The van der Waals surface area contributed by atoms with Crippen molar-refractivity contribution in [1.82, 2.24) is 9.78 Å². The third kappa shape index (κ3) is 4.19. The van der Waals surface area contributed by atoms with Crippen LogP contribution in [0.4, 0.5) is 23.2 Å². The van der Waals surface area contributed by atoms with E-state index in [4.69, 9.17) is 15.2 Å². The lowest BCUT2D eigenvalue weighted by Gasteiger charge is -2.14. The fourth-order valence-electron chi connectivity index (χ4n) is 3.31. The highest BCUT2D eigenvalue weighted by atomic mass is 19.4. The van der Waals surface area contributed by atoms with Crippen LogP contribution in [0.3, 0.4) is 0 Å². The van der Waals surface area contributed by atoms with E-state index in [1.165, 1.54) is 28.9 Å². The number of anilines is 1. The summed E-state index contributed by atoms with van der Waals surface area (Å²) in [5.74, 6) is -2.26. The predicted octanol–water partition coefficient (Wildman–Crippen LogP) is 5.73. The second-order valence-electron chi connectivity index (χ2n) is 6.94. The number of carbonyl (C=O) groups excluding carboxylic acids is 1. The number of nitrogens with zero attached hydrogens (tertiary/aromatic N) is 2. The summed E-state index contributed by atoms with van der Waals surface area (Å²) in [6.45, 7) is 1.76. The standard InChI is InChI=1S/C23H17F4N3O3/c1-2-32-22(31)13-10-11-19(16(24)12-13)30-18-9-4-3-6-14(18)21(29-30)33-20-15(23(25,26)27)7-5-8-17(20)28/h3-12H,2,28H2,1H3. The summed E-state index contributed by atoms with van der Waals surface area (Å²) >= 11 is 0. The number of rotatable bonds is 5. The maximum absolute atomic E-state index is 14.9. The number of carbonyl (C=O) groups is 1. The van der Waals surface area contributed by atoms with Crippen molar-refractivity contribution in [3.63, 3.8) is 0 Å². The lowest BCUT2D eigenvalue weighted by Crippen LogP contribution is -2.09. The first-order valence-electron chi connectivity index (χ1n) is 9.79. The minimum atomic E-state index is -4.71. The fraction of sp³-hybridized carbons (Fsp3) is 0.130. The summed E-state index contributed by atoms with van der Waals surface area (Å²) in [6.07, 6.45) is -4.71. The third-order valence-corrected chi connectivity index (χ3v) is 4.79. The van der Waals surface area contributed by atoms with Gasteiger partial charge in [0.25, 0.3) is 0 Å². The van der Waals surface area contributed by atoms with Crippen molar-refractivity contribution in [3.8, 4) is 17.3 Å². The van der Waals surface area contributed by atoms with Crippen LogP contribution < -0.4 is 10.5 Å². The molecule has 0 amide bonds. The molecule has 10 heteroatoms. The Morgan fingerprint density at radius 1 is 1.09 bits per heavy atom. The molecule has 0 saturated carbocycles. The molecule has 0 aliphatic carbocycles. The van der Waals surface area contributed by atoms with Crippen LogP contribution in [0.25, 0.3) is 16.6 Å². The van der Waals surface area contributed by atoms with E-state index < -0.39 is 29.3 Å². The summed E-state index contributed by atoms with van der Waals surface area (Å²) in [5, 5.41) is 4.54. The monoisotopic (exact) mass is 459 g/mol. The molecule has 0 bridgehead atoms. The lowest BCUT2D eigenvalue weighted by molar-refractivity contribution is -0.138. The van der Waals surface area contributed by atoms with E-state index in [9.17, 15) is 22.4 Å². The number of aromatic nitrogens is 2. The Hall–Kier alpha value is -4.08. The zero-order valence-electron chi connectivity index (χ0n) is 17.2. The number of nitrogens with two attached hydrogens (primary N) is 1. The fourth-order valence-corrected chi connectivity index (χ4v) is 3.31. The lowest BCUT2D eigenvalue weighted by atomic mass is 10.1. The molecule has 0 radical (unpaired) electrons. The molecule has 1 heterocycles. The maximum Gasteiger partial charge on any atom is 0.420 e. The van der Waals surface area contributed by atoms with Crippen molar-refractivity contribution in [2.45, 2.75) is 13.1 Å². The molecule has 33 heavy (non-hydrogen) atoms. The molecule has 0 saturated heterocycles. The summed E-state index contributed by atoms with van der Waals surface area (Å²) in [4.78, 5) is 11.9. The molecule has 0 aliphatic heterocycles. The minimum Gasteiger partial charge on any atom is -0.462 e. The Morgan fingerprint density at radius 2 is 1.85 bits per heavy atom. The van der Waals surface area contributed by atoms with Gasteiger partial charge < -0.3 is 15.2 Å². The second kappa shape index (κ2) is 8.45. The van der Waals surface area contributed by atoms with Crippen LogP contribution >= 0.6 is 0 Å². The van der Waals surface area contributed by atoms with E-state index in [1.54, 1.807) is 31.2 Å². The van der Waals surface area contributed by atoms with Gasteiger partial charge in [0.15, 0.2) is 5.75 Å². The molecule has 3 aromatic carbocycles. The highest BCUT2D eigenvalue weighted by molar-refractivity contribution is 5.90. The number of hydrogen-bond acceptors (Lipinski definition) is 5. The molecule has 4 aromatic rings. The number of benzene rings is 3. The van der Waals surface area contributed by atoms with Gasteiger partial charge in [-0.05, 0) is 49.4 Å². The molecule has 0 spiro atoms. The number of hydrogen-bond donors (Lipinski definition) is 1. The van der Waals surface area contributed by atoms with Gasteiger partial charge in [0.05, 0.1) is 28.8 Å². The number of esters is 1. The first-order valence-corrected chi connectivity index (χ1v) is 9.79. The molecule has 170 valence electrons. The van der Waals surface area contributed by atoms with Crippen LogP contribution in [-0.4, -0.2) is 22.4 Å². The summed E-state index contributed by atoms with van der Waals surface area (Å²) < 4.78 is 66.9. The highest BCUT2D eigenvalue weighted by Crippen LogP contribution is 2.42. The third-order valence-electron chi connectivity index (χ3n) is 4.79. The Labute approximate surface area is 185 Å². The zero-order chi connectivity index (χ0) is 23.8. The van der Waals surface area contributed by atoms with E-state index >= 15 is 0 Å². The van der Waals surface area contributed by atoms with Crippen LogP contribution in [-0.2, 0) is 10.9 Å². The number of alkyl halides is 3. The van der Waals surface area contributed by atoms with Gasteiger partial charge in [0, 0.05) is 0 Å². The maximum atomic E-state index is 14.9. The van der Waals surface area contributed by atoms with Crippen molar-refractivity contribution >= 4 is 22.6 Å². The number of nitrogen functional groups attached to an aromatic ring is 1. The van der Waals surface area contributed by atoms with Gasteiger partial charge in [0.1, 0.15) is 17.1 Å². The smallest absolute Gasteiger partial charge is 0.420 e. The Bertz CT molecular complexity index is 1350. The molecule has 4 rings (SSSR count). The van der Waals surface area contributed by atoms with Crippen LogP contribution in [0.1, 0.15) is 22.8 Å². The van der Waals surface area contributed by atoms with Gasteiger partial charge in [-0.3, -0.25) is 0 Å². The average molecular weight is 459 g/mol. The van der Waals surface area contributed by atoms with Crippen molar-refractivity contribution in [2.75, 3.05) is 12.3 Å².